The smallest absolute Gasteiger partial charge is 0.352 e. The zero-order valence-corrected chi connectivity index (χ0v) is 7.87. The molecule has 1 unspecified atom stereocenters. The number of carbonyl (C=O) groups is 2. The molecule has 2 heterocycles. The highest BCUT2D eigenvalue weighted by Gasteiger charge is 2.49. The van der Waals surface area contributed by atoms with Crippen molar-refractivity contribution in [3.63, 3.8) is 0 Å². The van der Waals surface area contributed by atoms with Crippen molar-refractivity contribution in [3.05, 3.63) is 11.8 Å². The second-order valence-corrected chi connectivity index (χ2v) is 4.26. The van der Waals surface area contributed by atoms with Gasteiger partial charge in [0, 0.05) is 5.75 Å². The Morgan fingerprint density at radius 3 is 3.08 bits per heavy atom. The Bertz CT molecular complexity index is 313. The molecule has 1 fully saturated rings. The van der Waals surface area contributed by atoms with Crippen molar-refractivity contribution in [3.8, 4) is 0 Å². The van der Waals surface area contributed by atoms with Gasteiger partial charge < -0.3 is 5.11 Å². The molecule has 1 N–H and O–H groups in total. The molecule has 0 aliphatic carbocycles. The molecule has 13 heavy (non-hydrogen) atoms. The molecule has 1 saturated heterocycles. The first kappa shape index (κ1) is 8.62. The van der Waals surface area contributed by atoms with Crippen molar-refractivity contribution in [1.29, 1.82) is 0 Å². The first-order valence-corrected chi connectivity index (χ1v) is 5.06. The monoisotopic (exact) mass is 199 g/mol. The molecule has 70 valence electrons. The molecule has 0 radical (unpaired) electrons. The standard InChI is InChI=1S/C8H9NO3S/c1-4-6(10)9-5(8(11)12)2-3-13-7(4)9/h2,4,7H,3H2,1H3,(H,11,12)/t4?,7-/m1/s1. The Labute approximate surface area is 79.6 Å². The summed E-state index contributed by atoms with van der Waals surface area (Å²) in [5.74, 6) is -0.440. The number of hydrogen-bond acceptors (Lipinski definition) is 3. The van der Waals surface area contributed by atoms with Gasteiger partial charge in [-0.25, -0.2) is 4.79 Å². The SMILES string of the molecule is CC1C(=O)N2C(C(=O)O)=CCS[C@H]12. The average Bonchev–Trinajstić information content (AvgIpc) is 2.15. The molecule has 1 amide bonds. The van der Waals surface area contributed by atoms with Gasteiger partial charge in [0.15, 0.2) is 0 Å². The highest BCUT2D eigenvalue weighted by atomic mass is 32.2. The van der Waals surface area contributed by atoms with E-state index < -0.39 is 5.97 Å². The third-order valence-electron chi connectivity index (χ3n) is 2.33. The van der Waals surface area contributed by atoms with Crippen LogP contribution in [0.2, 0.25) is 0 Å². The molecule has 2 aliphatic rings. The van der Waals surface area contributed by atoms with Crippen LogP contribution in [0.1, 0.15) is 6.92 Å². The van der Waals surface area contributed by atoms with Crippen LogP contribution in [0.4, 0.5) is 0 Å². The minimum atomic E-state index is -1.01. The second kappa shape index (κ2) is 2.77. The first-order chi connectivity index (χ1) is 6.13. The Morgan fingerprint density at radius 2 is 2.46 bits per heavy atom. The highest BCUT2D eigenvalue weighted by molar-refractivity contribution is 8.00. The van der Waals surface area contributed by atoms with E-state index in [9.17, 15) is 9.59 Å². The van der Waals surface area contributed by atoms with E-state index in [1.165, 1.54) is 4.90 Å². The summed E-state index contributed by atoms with van der Waals surface area (Å²) < 4.78 is 0. The number of rotatable bonds is 1. The van der Waals surface area contributed by atoms with E-state index in [2.05, 4.69) is 0 Å². The number of hydrogen-bond donors (Lipinski definition) is 1. The van der Waals surface area contributed by atoms with E-state index in [0.29, 0.717) is 5.75 Å². The van der Waals surface area contributed by atoms with E-state index >= 15 is 0 Å². The van der Waals surface area contributed by atoms with Gasteiger partial charge in [-0.3, -0.25) is 9.69 Å². The van der Waals surface area contributed by atoms with Gasteiger partial charge >= 0.3 is 5.97 Å². The largest absolute Gasteiger partial charge is 0.477 e. The summed E-state index contributed by atoms with van der Waals surface area (Å²) in [5, 5.41) is 8.84. The fraction of sp³-hybridized carbons (Fsp3) is 0.500. The van der Waals surface area contributed by atoms with Crippen LogP contribution in [0.3, 0.4) is 0 Å². The van der Waals surface area contributed by atoms with Crippen molar-refractivity contribution < 1.29 is 14.7 Å². The number of carbonyl (C=O) groups excluding carboxylic acids is 1. The lowest BCUT2D eigenvalue weighted by atomic mass is 9.99. The Morgan fingerprint density at radius 1 is 1.77 bits per heavy atom. The van der Waals surface area contributed by atoms with Gasteiger partial charge in [0.25, 0.3) is 0 Å². The van der Waals surface area contributed by atoms with Crippen molar-refractivity contribution >= 4 is 23.6 Å². The maximum absolute atomic E-state index is 11.3. The molecule has 0 saturated carbocycles. The molecular formula is C8H9NO3S. The lowest BCUT2D eigenvalue weighted by Gasteiger charge is -2.47. The Hall–Kier alpha value is -0.970. The lowest BCUT2D eigenvalue weighted by Crippen LogP contribution is -2.59. The van der Waals surface area contributed by atoms with E-state index in [1.807, 2.05) is 6.92 Å². The van der Waals surface area contributed by atoms with Crippen molar-refractivity contribution in [2.45, 2.75) is 12.3 Å². The minimum absolute atomic E-state index is 0.0342. The summed E-state index contributed by atoms with van der Waals surface area (Å²) in [6, 6.07) is 0. The number of nitrogens with zero attached hydrogens (tertiary/aromatic N) is 1. The quantitative estimate of drug-likeness (QED) is 0.625. The van der Waals surface area contributed by atoms with E-state index in [0.717, 1.165) is 0 Å². The third kappa shape index (κ3) is 1.07. The van der Waals surface area contributed by atoms with Crippen LogP contribution < -0.4 is 0 Å². The second-order valence-electron chi connectivity index (χ2n) is 3.12. The maximum atomic E-state index is 11.3. The number of carboxylic acid groups (broad SMARTS) is 1. The van der Waals surface area contributed by atoms with Crippen LogP contribution in [-0.4, -0.2) is 33.0 Å². The van der Waals surface area contributed by atoms with Gasteiger partial charge in [0.2, 0.25) is 5.91 Å². The molecule has 2 atom stereocenters. The van der Waals surface area contributed by atoms with Crippen molar-refractivity contribution in [1.82, 2.24) is 4.90 Å². The number of aliphatic carboxylic acids is 1. The van der Waals surface area contributed by atoms with Gasteiger partial charge in [-0.2, -0.15) is 0 Å². The van der Waals surface area contributed by atoms with Gasteiger partial charge in [0.1, 0.15) is 5.70 Å². The van der Waals surface area contributed by atoms with Crippen LogP contribution in [0.15, 0.2) is 11.8 Å². The predicted molar refractivity (Wildman–Crippen MR) is 48.0 cm³/mol. The Kier molecular flexibility index (Phi) is 1.83. The number of thioether (sulfide) groups is 1. The average molecular weight is 199 g/mol. The van der Waals surface area contributed by atoms with Gasteiger partial charge in [-0.05, 0) is 6.08 Å². The lowest BCUT2D eigenvalue weighted by molar-refractivity contribution is -0.151. The van der Waals surface area contributed by atoms with E-state index in [-0.39, 0.29) is 22.9 Å². The predicted octanol–water partition coefficient (Wildman–Crippen LogP) is 0.506. The number of fused-ring (bicyclic) bond motifs is 1. The Balaban J connectivity index is 2.27. The molecule has 0 bridgehead atoms. The summed E-state index contributed by atoms with van der Waals surface area (Å²) >= 11 is 1.61. The molecule has 0 aromatic heterocycles. The van der Waals surface area contributed by atoms with Gasteiger partial charge in [-0.15, -0.1) is 11.8 Å². The van der Waals surface area contributed by atoms with Crippen LogP contribution in [-0.2, 0) is 9.59 Å². The molecule has 0 spiro atoms. The van der Waals surface area contributed by atoms with E-state index in [1.54, 1.807) is 17.8 Å². The summed E-state index contributed by atoms with van der Waals surface area (Å²) in [4.78, 5) is 23.4. The zero-order chi connectivity index (χ0) is 9.59. The third-order valence-corrected chi connectivity index (χ3v) is 3.65. The van der Waals surface area contributed by atoms with Crippen LogP contribution in [0.25, 0.3) is 0 Å². The van der Waals surface area contributed by atoms with Crippen LogP contribution in [0.5, 0.6) is 0 Å². The summed E-state index contributed by atoms with van der Waals surface area (Å²) in [7, 11) is 0. The molecule has 2 aliphatic heterocycles. The van der Waals surface area contributed by atoms with Crippen LogP contribution in [0, 0.1) is 5.92 Å². The summed E-state index contributed by atoms with van der Waals surface area (Å²) in [5.41, 5.74) is 0.145. The van der Waals surface area contributed by atoms with E-state index in [4.69, 9.17) is 5.11 Å². The number of amides is 1. The molecule has 0 aromatic carbocycles. The highest BCUT2D eigenvalue weighted by Crippen LogP contribution is 2.40. The number of carboxylic acids is 1. The molecule has 5 heteroatoms. The van der Waals surface area contributed by atoms with Crippen molar-refractivity contribution in [2.75, 3.05) is 5.75 Å². The summed E-state index contributed by atoms with van der Waals surface area (Å²) in [6.45, 7) is 1.83. The van der Waals surface area contributed by atoms with Gasteiger partial charge in [-0.1, -0.05) is 6.92 Å². The maximum Gasteiger partial charge on any atom is 0.352 e. The molecule has 0 aromatic rings. The minimum Gasteiger partial charge on any atom is -0.477 e. The molecule has 2 rings (SSSR count). The zero-order valence-electron chi connectivity index (χ0n) is 7.06. The molecular weight excluding hydrogens is 190 g/mol. The summed E-state index contributed by atoms with van der Waals surface area (Å²) in [6.07, 6.45) is 1.59. The topological polar surface area (TPSA) is 57.6 Å². The fourth-order valence-electron chi connectivity index (χ4n) is 1.60. The van der Waals surface area contributed by atoms with Crippen molar-refractivity contribution in [2.24, 2.45) is 5.92 Å². The number of β-lactam (4-membered cyclic amide) rings is 1. The normalized spacial score (nSPS) is 31.9. The van der Waals surface area contributed by atoms with Gasteiger partial charge in [0.05, 0.1) is 11.3 Å². The van der Waals surface area contributed by atoms with Crippen LogP contribution >= 0.6 is 11.8 Å². The fourth-order valence-corrected chi connectivity index (χ4v) is 2.82. The molecule has 4 nitrogen and oxygen atoms in total. The first-order valence-electron chi connectivity index (χ1n) is 4.01.